The van der Waals surface area contributed by atoms with Crippen LogP contribution < -0.4 is 0 Å². The molecule has 3 radical (unpaired) electrons. The highest BCUT2D eigenvalue weighted by Gasteiger charge is 2.25. The first-order valence-corrected chi connectivity index (χ1v) is 5.17. The second kappa shape index (κ2) is 4.42. The maximum Gasteiger partial charge on any atom is 0.247 e. The van der Waals surface area contributed by atoms with Gasteiger partial charge in [-0.15, -0.1) is 0 Å². The van der Waals surface area contributed by atoms with Gasteiger partial charge in [0.05, 0.1) is 6.10 Å². The average Bonchev–Trinajstić information content (AvgIpc) is 2.02. The first-order valence-electron chi connectivity index (χ1n) is 4.39. The SMILES string of the molecule is CC(C)(C)C(O[Si])c1ccnc(Cl)c1. The fraction of sp³-hybridized carbons (Fsp3) is 0.500. The fourth-order valence-corrected chi connectivity index (χ4v) is 2.00. The predicted octanol–water partition coefficient (Wildman–Crippen LogP) is 2.92. The molecular formula is C10H13ClNOSi. The molecule has 0 amide bonds. The predicted molar refractivity (Wildman–Crippen MR) is 58.3 cm³/mol. The van der Waals surface area contributed by atoms with Gasteiger partial charge < -0.3 is 4.43 Å². The van der Waals surface area contributed by atoms with Gasteiger partial charge >= 0.3 is 0 Å². The van der Waals surface area contributed by atoms with Crippen LogP contribution in [-0.4, -0.2) is 15.5 Å². The van der Waals surface area contributed by atoms with Crippen LogP contribution in [-0.2, 0) is 4.43 Å². The molecule has 0 bridgehead atoms. The summed E-state index contributed by atoms with van der Waals surface area (Å²) in [7, 11) is 3.10. The number of halogens is 1. The Balaban J connectivity index is 3.01. The van der Waals surface area contributed by atoms with E-state index in [1.807, 2.05) is 12.1 Å². The van der Waals surface area contributed by atoms with E-state index in [0.717, 1.165) is 5.56 Å². The van der Waals surface area contributed by atoms with E-state index in [1.54, 1.807) is 6.20 Å². The van der Waals surface area contributed by atoms with Crippen LogP contribution in [0.3, 0.4) is 0 Å². The van der Waals surface area contributed by atoms with Crippen molar-refractivity contribution < 1.29 is 4.43 Å². The van der Waals surface area contributed by atoms with E-state index in [0.29, 0.717) is 5.15 Å². The van der Waals surface area contributed by atoms with Crippen LogP contribution >= 0.6 is 11.6 Å². The van der Waals surface area contributed by atoms with Gasteiger partial charge in [0.2, 0.25) is 10.5 Å². The summed E-state index contributed by atoms with van der Waals surface area (Å²) in [5, 5.41) is 0.487. The van der Waals surface area contributed by atoms with Gasteiger partial charge in [-0.05, 0) is 23.1 Å². The van der Waals surface area contributed by atoms with Gasteiger partial charge in [0.15, 0.2) is 0 Å². The van der Waals surface area contributed by atoms with E-state index in [-0.39, 0.29) is 11.5 Å². The number of aromatic nitrogens is 1. The summed E-state index contributed by atoms with van der Waals surface area (Å²) in [6.45, 7) is 6.31. The summed E-state index contributed by atoms with van der Waals surface area (Å²) in [6, 6.07) is 3.72. The van der Waals surface area contributed by atoms with E-state index in [9.17, 15) is 0 Å². The fourth-order valence-electron chi connectivity index (χ4n) is 1.33. The lowest BCUT2D eigenvalue weighted by Crippen LogP contribution is -2.20. The minimum atomic E-state index is -0.0420. The summed E-state index contributed by atoms with van der Waals surface area (Å²) < 4.78 is 5.27. The molecule has 1 aromatic rings. The van der Waals surface area contributed by atoms with Crippen molar-refractivity contribution in [3.8, 4) is 0 Å². The maximum atomic E-state index is 5.81. The molecular weight excluding hydrogens is 214 g/mol. The molecule has 14 heavy (non-hydrogen) atoms. The van der Waals surface area contributed by atoms with Crippen molar-refractivity contribution in [1.82, 2.24) is 4.98 Å². The molecule has 0 aliphatic heterocycles. The lowest BCUT2D eigenvalue weighted by atomic mass is 9.85. The normalized spacial score (nSPS) is 14.1. The molecule has 1 aromatic heterocycles. The second-order valence-electron chi connectivity index (χ2n) is 4.28. The van der Waals surface area contributed by atoms with Gasteiger partial charge in [0.1, 0.15) is 5.15 Å². The van der Waals surface area contributed by atoms with E-state index in [4.69, 9.17) is 16.0 Å². The molecule has 1 heterocycles. The van der Waals surface area contributed by atoms with E-state index in [2.05, 4.69) is 36.2 Å². The summed E-state index contributed by atoms with van der Waals surface area (Å²) >= 11 is 5.81. The smallest absolute Gasteiger partial charge is 0.247 e. The summed E-state index contributed by atoms with van der Waals surface area (Å²) in [5.74, 6) is 0. The molecule has 0 N–H and O–H groups in total. The van der Waals surface area contributed by atoms with E-state index >= 15 is 0 Å². The molecule has 1 atom stereocenters. The Morgan fingerprint density at radius 1 is 1.50 bits per heavy atom. The Morgan fingerprint density at radius 2 is 2.14 bits per heavy atom. The van der Waals surface area contributed by atoms with Crippen LogP contribution in [0.25, 0.3) is 0 Å². The van der Waals surface area contributed by atoms with Crippen LogP contribution in [0.4, 0.5) is 0 Å². The Labute approximate surface area is 93.2 Å². The van der Waals surface area contributed by atoms with Gasteiger partial charge in [0, 0.05) is 6.20 Å². The maximum absolute atomic E-state index is 5.81. The minimum Gasteiger partial charge on any atom is -0.411 e. The first-order chi connectivity index (χ1) is 6.45. The highest BCUT2D eigenvalue weighted by Crippen LogP contribution is 2.35. The van der Waals surface area contributed by atoms with Gasteiger partial charge in [-0.1, -0.05) is 32.4 Å². The minimum absolute atomic E-state index is 0.00638. The molecule has 0 aromatic carbocycles. The second-order valence-corrected chi connectivity index (χ2v) is 4.90. The van der Waals surface area contributed by atoms with Crippen molar-refractivity contribution in [2.24, 2.45) is 5.41 Å². The quantitative estimate of drug-likeness (QED) is 0.572. The molecule has 0 saturated carbocycles. The molecule has 4 heteroatoms. The van der Waals surface area contributed by atoms with Crippen LogP contribution in [0.15, 0.2) is 18.3 Å². The molecule has 0 saturated heterocycles. The Bertz CT molecular complexity index is 311. The lowest BCUT2D eigenvalue weighted by molar-refractivity contribution is 0.0972. The van der Waals surface area contributed by atoms with E-state index < -0.39 is 0 Å². The van der Waals surface area contributed by atoms with Gasteiger partial charge in [-0.25, -0.2) is 4.98 Å². The van der Waals surface area contributed by atoms with Crippen molar-refractivity contribution in [1.29, 1.82) is 0 Å². The summed E-state index contributed by atoms with van der Waals surface area (Å²) in [4.78, 5) is 3.93. The number of nitrogens with zero attached hydrogens (tertiary/aromatic N) is 1. The number of hydrogen-bond donors (Lipinski definition) is 0. The number of hydrogen-bond acceptors (Lipinski definition) is 2. The molecule has 0 spiro atoms. The van der Waals surface area contributed by atoms with Crippen molar-refractivity contribution in [2.75, 3.05) is 0 Å². The Hall–Kier alpha value is -0.383. The lowest BCUT2D eigenvalue weighted by Gasteiger charge is -2.30. The highest BCUT2D eigenvalue weighted by atomic mass is 35.5. The van der Waals surface area contributed by atoms with Crippen LogP contribution in [0.2, 0.25) is 5.15 Å². The van der Waals surface area contributed by atoms with Crippen molar-refractivity contribution >= 4 is 22.1 Å². The topological polar surface area (TPSA) is 22.1 Å². The molecule has 1 rings (SSSR count). The molecule has 1 unspecified atom stereocenters. The Kier molecular flexibility index (Phi) is 3.69. The standard InChI is InChI=1S/C10H13ClNOSi/c1-10(2,3)9(13-14)7-4-5-12-8(11)6-7/h4-6,9H,1-3H3. The average molecular weight is 227 g/mol. The largest absolute Gasteiger partial charge is 0.411 e. The molecule has 2 nitrogen and oxygen atoms in total. The van der Waals surface area contributed by atoms with Crippen molar-refractivity contribution in [3.05, 3.63) is 29.0 Å². The van der Waals surface area contributed by atoms with Crippen LogP contribution in [0.1, 0.15) is 32.4 Å². The Morgan fingerprint density at radius 3 is 2.57 bits per heavy atom. The third-order valence-electron chi connectivity index (χ3n) is 1.96. The molecule has 0 aliphatic rings. The van der Waals surface area contributed by atoms with Crippen molar-refractivity contribution in [3.63, 3.8) is 0 Å². The highest BCUT2D eigenvalue weighted by molar-refractivity contribution is 6.29. The zero-order chi connectivity index (χ0) is 10.8. The molecule has 0 aliphatic carbocycles. The summed E-state index contributed by atoms with van der Waals surface area (Å²) in [6.07, 6.45) is 1.64. The molecule has 0 fully saturated rings. The first kappa shape index (κ1) is 11.7. The zero-order valence-electron chi connectivity index (χ0n) is 8.54. The number of rotatable bonds is 2. The van der Waals surface area contributed by atoms with Gasteiger partial charge in [0.25, 0.3) is 0 Å². The summed E-state index contributed by atoms with van der Waals surface area (Å²) in [5.41, 5.74) is 1.03. The van der Waals surface area contributed by atoms with E-state index in [1.165, 1.54) is 0 Å². The monoisotopic (exact) mass is 226 g/mol. The third kappa shape index (κ3) is 2.80. The van der Waals surface area contributed by atoms with Crippen molar-refractivity contribution in [2.45, 2.75) is 26.9 Å². The van der Waals surface area contributed by atoms with Crippen LogP contribution in [0.5, 0.6) is 0 Å². The number of pyridine rings is 1. The van der Waals surface area contributed by atoms with Gasteiger partial charge in [-0.3, -0.25) is 0 Å². The zero-order valence-corrected chi connectivity index (χ0v) is 10.3. The molecule has 75 valence electrons. The van der Waals surface area contributed by atoms with Gasteiger partial charge in [-0.2, -0.15) is 0 Å². The van der Waals surface area contributed by atoms with Crippen LogP contribution in [0, 0.1) is 5.41 Å². The third-order valence-corrected chi connectivity index (χ3v) is 2.40.